The summed E-state index contributed by atoms with van der Waals surface area (Å²) >= 11 is 10.4. The van der Waals surface area contributed by atoms with Crippen molar-refractivity contribution in [3.8, 4) is 11.3 Å². The van der Waals surface area contributed by atoms with E-state index in [4.69, 9.17) is 23.8 Å². The van der Waals surface area contributed by atoms with E-state index in [2.05, 4.69) is 9.97 Å². The quantitative estimate of drug-likeness (QED) is 0.655. The Labute approximate surface area is 98.3 Å². The van der Waals surface area contributed by atoms with Gasteiger partial charge in [0.05, 0.1) is 16.4 Å². The Hall–Kier alpha value is -1.19. The van der Waals surface area contributed by atoms with Gasteiger partial charge in [0, 0.05) is 11.8 Å². The molecule has 0 bridgehead atoms. The van der Waals surface area contributed by atoms with Crippen molar-refractivity contribution >= 4 is 28.1 Å². The number of hydrogen-bond donors (Lipinski definition) is 1. The molecule has 0 radical (unpaired) electrons. The van der Waals surface area contributed by atoms with Crippen LogP contribution in [0.2, 0.25) is 0 Å². The second-order valence-corrected chi connectivity index (χ2v) is 4.30. The highest BCUT2D eigenvalue weighted by molar-refractivity contribution is 7.83. The van der Waals surface area contributed by atoms with Crippen LogP contribution in [0.5, 0.6) is 0 Å². The maximum absolute atomic E-state index is 5.64. The number of aromatic amines is 1. The van der Waals surface area contributed by atoms with Gasteiger partial charge in [-0.05, 0) is 0 Å². The van der Waals surface area contributed by atoms with Crippen LogP contribution in [0.4, 0.5) is 0 Å². The van der Waals surface area contributed by atoms with Crippen LogP contribution >= 0.6 is 23.8 Å². The van der Waals surface area contributed by atoms with Crippen LogP contribution in [0.3, 0.4) is 0 Å². The first kappa shape index (κ1) is 10.3. The summed E-state index contributed by atoms with van der Waals surface area (Å²) < 4.78 is 0.420. The van der Waals surface area contributed by atoms with Crippen LogP contribution in [0.25, 0.3) is 11.3 Å². The molecule has 1 aromatic heterocycles. The van der Waals surface area contributed by atoms with Gasteiger partial charge in [0.15, 0.2) is 0 Å². The minimum Gasteiger partial charge on any atom is -0.348 e. The van der Waals surface area contributed by atoms with Crippen molar-refractivity contribution in [2.24, 2.45) is 0 Å². The number of hydrogen-bond acceptors (Lipinski definition) is 2. The molecule has 0 saturated carbocycles. The molecule has 0 saturated heterocycles. The molecule has 2 rings (SSSR count). The maximum Gasteiger partial charge on any atom is 0.113 e. The molecule has 2 aromatic rings. The second-order valence-electron chi connectivity index (χ2n) is 3.13. The second kappa shape index (κ2) is 4.55. The molecule has 0 fully saturated rings. The number of rotatable bonds is 3. The highest BCUT2D eigenvalue weighted by Crippen LogP contribution is 2.16. The summed E-state index contributed by atoms with van der Waals surface area (Å²) in [5.41, 5.74) is 2.00. The Morgan fingerprint density at radius 1 is 1.33 bits per heavy atom. The van der Waals surface area contributed by atoms with Crippen LogP contribution in [-0.2, 0) is 6.42 Å². The van der Waals surface area contributed by atoms with Gasteiger partial charge < -0.3 is 4.98 Å². The van der Waals surface area contributed by atoms with E-state index < -0.39 is 0 Å². The molecule has 15 heavy (non-hydrogen) atoms. The first-order valence-electron chi connectivity index (χ1n) is 4.54. The number of benzene rings is 1. The zero-order valence-corrected chi connectivity index (χ0v) is 9.48. The van der Waals surface area contributed by atoms with E-state index in [1.54, 1.807) is 0 Å². The predicted molar refractivity (Wildman–Crippen MR) is 66.2 cm³/mol. The summed E-state index contributed by atoms with van der Waals surface area (Å²) in [6.45, 7) is 0. The van der Waals surface area contributed by atoms with Gasteiger partial charge in [-0.2, -0.15) is 0 Å². The molecule has 0 atom stereocenters. The molecule has 0 aliphatic rings. The lowest BCUT2D eigenvalue weighted by Crippen LogP contribution is -1.93. The molecule has 1 N–H and O–H groups in total. The van der Waals surface area contributed by atoms with E-state index in [0.29, 0.717) is 10.7 Å². The highest BCUT2D eigenvalue weighted by Gasteiger charge is 2.04. The fraction of sp³-hybridized carbons (Fsp3) is 0.0909. The lowest BCUT2D eigenvalue weighted by atomic mass is 10.2. The Kier molecular flexibility index (Phi) is 3.14. The molecular formula is C11H9ClN2S. The summed E-state index contributed by atoms with van der Waals surface area (Å²) in [5.74, 6) is 0.800. The van der Waals surface area contributed by atoms with E-state index in [9.17, 15) is 0 Å². The number of halogens is 1. The third-order valence-electron chi connectivity index (χ3n) is 2.01. The van der Waals surface area contributed by atoms with Gasteiger partial charge in [0.1, 0.15) is 5.82 Å². The van der Waals surface area contributed by atoms with Crippen LogP contribution in [0, 0.1) is 0 Å². The molecule has 0 spiro atoms. The van der Waals surface area contributed by atoms with Crippen molar-refractivity contribution in [3.63, 3.8) is 0 Å². The smallest absolute Gasteiger partial charge is 0.113 e. The Morgan fingerprint density at radius 3 is 2.73 bits per heavy atom. The topological polar surface area (TPSA) is 28.7 Å². The minimum absolute atomic E-state index is 0.420. The van der Waals surface area contributed by atoms with Crippen molar-refractivity contribution in [2.75, 3.05) is 0 Å². The van der Waals surface area contributed by atoms with E-state index >= 15 is 0 Å². The summed E-state index contributed by atoms with van der Waals surface area (Å²) in [5, 5.41) is 0. The number of aromatic nitrogens is 2. The van der Waals surface area contributed by atoms with Gasteiger partial charge in [0.25, 0.3) is 0 Å². The fourth-order valence-electron chi connectivity index (χ4n) is 1.34. The lowest BCUT2D eigenvalue weighted by Gasteiger charge is -1.93. The van der Waals surface area contributed by atoms with E-state index in [0.717, 1.165) is 17.1 Å². The van der Waals surface area contributed by atoms with Gasteiger partial charge in [-0.15, -0.1) is 0 Å². The maximum atomic E-state index is 5.64. The number of nitrogens with one attached hydrogen (secondary N) is 1. The highest BCUT2D eigenvalue weighted by atomic mass is 35.5. The minimum atomic E-state index is 0.420. The third-order valence-corrected chi connectivity index (χ3v) is 2.28. The standard InChI is InChI=1S/C11H9ClN2S/c12-10(15)6-11-13-7-9(14-11)8-4-2-1-3-5-8/h1-5,7H,6H2,(H,13,14). The van der Waals surface area contributed by atoms with E-state index in [-0.39, 0.29) is 0 Å². The third kappa shape index (κ3) is 2.64. The summed E-state index contributed by atoms with van der Waals surface area (Å²) in [6.07, 6.45) is 2.36. The molecule has 1 heterocycles. The fourth-order valence-corrected chi connectivity index (χ4v) is 1.60. The van der Waals surface area contributed by atoms with Gasteiger partial charge >= 0.3 is 0 Å². The molecule has 0 amide bonds. The number of thiocarbonyl (C=S) groups is 1. The van der Waals surface area contributed by atoms with Gasteiger partial charge in [-0.3, -0.25) is 0 Å². The molecule has 0 aliphatic heterocycles. The molecule has 76 valence electrons. The lowest BCUT2D eigenvalue weighted by molar-refractivity contribution is 1.10. The van der Waals surface area contributed by atoms with Crippen molar-refractivity contribution in [1.82, 2.24) is 9.97 Å². The van der Waals surface area contributed by atoms with E-state index in [1.165, 1.54) is 0 Å². The molecule has 0 aliphatic carbocycles. The summed E-state index contributed by atoms with van der Waals surface area (Å²) in [7, 11) is 0. The Morgan fingerprint density at radius 2 is 2.07 bits per heavy atom. The largest absolute Gasteiger partial charge is 0.348 e. The van der Waals surface area contributed by atoms with Crippen molar-refractivity contribution in [1.29, 1.82) is 0 Å². The summed E-state index contributed by atoms with van der Waals surface area (Å²) in [4.78, 5) is 7.45. The first-order valence-corrected chi connectivity index (χ1v) is 5.32. The average Bonchev–Trinajstić information content (AvgIpc) is 2.67. The van der Waals surface area contributed by atoms with Crippen molar-refractivity contribution in [2.45, 2.75) is 6.42 Å². The van der Waals surface area contributed by atoms with Gasteiger partial charge in [-0.1, -0.05) is 54.2 Å². The molecule has 1 aromatic carbocycles. The van der Waals surface area contributed by atoms with Crippen LogP contribution < -0.4 is 0 Å². The van der Waals surface area contributed by atoms with Crippen LogP contribution in [-0.4, -0.2) is 14.3 Å². The molecule has 0 unspecified atom stereocenters. The average molecular weight is 237 g/mol. The number of imidazole rings is 1. The molecule has 2 nitrogen and oxygen atoms in total. The van der Waals surface area contributed by atoms with Crippen molar-refractivity contribution < 1.29 is 0 Å². The number of H-pyrrole nitrogens is 1. The molecular weight excluding hydrogens is 228 g/mol. The van der Waals surface area contributed by atoms with Gasteiger partial charge in [0.2, 0.25) is 0 Å². The first-order chi connectivity index (χ1) is 7.25. The normalized spacial score (nSPS) is 10.2. The Balaban J connectivity index is 2.24. The number of nitrogens with zero attached hydrogens (tertiary/aromatic N) is 1. The van der Waals surface area contributed by atoms with Crippen LogP contribution in [0.1, 0.15) is 5.82 Å². The monoisotopic (exact) mass is 236 g/mol. The predicted octanol–water partition coefficient (Wildman–Crippen LogP) is 3.19. The zero-order valence-electron chi connectivity index (χ0n) is 7.90. The SMILES string of the molecule is S=C(Cl)Cc1nc(-c2ccccc2)c[nH]1. The Bertz CT molecular complexity index is 464. The molecule has 4 heteroatoms. The van der Waals surface area contributed by atoms with Gasteiger partial charge in [-0.25, -0.2) is 4.98 Å². The van der Waals surface area contributed by atoms with Crippen LogP contribution in [0.15, 0.2) is 36.5 Å². The zero-order chi connectivity index (χ0) is 10.7. The summed E-state index contributed by atoms with van der Waals surface area (Å²) in [6, 6.07) is 9.97. The van der Waals surface area contributed by atoms with Crippen molar-refractivity contribution in [3.05, 3.63) is 42.4 Å². The van der Waals surface area contributed by atoms with E-state index in [1.807, 2.05) is 36.5 Å².